The Morgan fingerprint density at radius 2 is 1.79 bits per heavy atom. The van der Waals surface area contributed by atoms with Crippen LogP contribution in [-0.2, 0) is 19.1 Å². The summed E-state index contributed by atoms with van der Waals surface area (Å²) in [6.45, 7) is 9.37. The number of hydrogen-bond donors (Lipinski definition) is 0. The number of amides is 1. The highest BCUT2D eigenvalue weighted by Crippen LogP contribution is 2.33. The number of aromatic nitrogens is 1. The van der Waals surface area contributed by atoms with E-state index in [1.165, 1.54) is 7.11 Å². The average Bonchev–Trinajstić information content (AvgIpc) is 3.21. The highest BCUT2D eigenvalue weighted by atomic mass is 16.5. The molecule has 1 aliphatic heterocycles. The predicted molar refractivity (Wildman–Crippen MR) is 127 cm³/mol. The zero-order valence-corrected chi connectivity index (χ0v) is 20.2. The van der Waals surface area contributed by atoms with Gasteiger partial charge in [-0.3, -0.25) is 4.79 Å². The van der Waals surface area contributed by atoms with E-state index < -0.39 is 5.97 Å². The lowest BCUT2D eigenvalue weighted by Gasteiger charge is -2.17. The van der Waals surface area contributed by atoms with Gasteiger partial charge in [0.15, 0.2) is 0 Å². The van der Waals surface area contributed by atoms with Crippen molar-refractivity contribution in [2.75, 3.05) is 34.0 Å². The number of rotatable bonds is 9. The third-order valence-electron chi connectivity index (χ3n) is 5.81. The van der Waals surface area contributed by atoms with Crippen molar-refractivity contribution < 1.29 is 23.8 Å². The molecule has 0 saturated carbocycles. The van der Waals surface area contributed by atoms with Crippen LogP contribution in [0.5, 0.6) is 5.75 Å². The standard InChI is InChI=1S/C26H32N2O5/c1-7-33-22-11-9-21(10-12-22)28-17(2)15-20(18(28)3)16-23-24(26(30)32-6)19(4)27(25(23)29)13-8-14-31-5/h9-12,15-16H,7-8,13-14H2,1-6H3/b23-16-. The molecule has 1 aliphatic rings. The van der Waals surface area contributed by atoms with Crippen molar-refractivity contribution in [3.63, 3.8) is 0 Å². The molecule has 0 saturated heterocycles. The minimum Gasteiger partial charge on any atom is -0.494 e. The Bertz CT molecular complexity index is 1090. The first-order valence-electron chi connectivity index (χ1n) is 11.1. The van der Waals surface area contributed by atoms with Crippen molar-refractivity contribution in [3.05, 3.63) is 64.1 Å². The number of aryl methyl sites for hydroxylation is 1. The lowest BCUT2D eigenvalue weighted by atomic mass is 10.0. The first kappa shape index (κ1) is 24.3. The van der Waals surface area contributed by atoms with Crippen molar-refractivity contribution in [1.29, 1.82) is 0 Å². The summed E-state index contributed by atoms with van der Waals surface area (Å²) in [5, 5.41) is 0. The Morgan fingerprint density at radius 1 is 1.09 bits per heavy atom. The third kappa shape index (κ3) is 4.88. The molecule has 1 amide bonds. The zero-order chi connectivity index (χ0) is 24.1. The molecule has 7 heteroatoms. The quantitative estimate of drug-likeness (QED) is 0.324. The Morgan fingerprint density at radius 3 is 2.39 bits per heavy atom. The molecule has 0 radical (unpaired) electrons. The van der Waals surface area contributed by atoms with E-state index >= 15 is 0 Å². The Labute approximate surface area is 195 Å². The molecule has 0 bridgehead atoms. The van der Waals surface area contributed by atoms with Crippen LogP contribution in [0.1, 0.15) is 37.2 Å². The van der Waals surface area contributed by atoms with Gasteiger partial charge < -0.3 is 23.7 Å². The maximum absolute atomic E-state index is 13.3. The van der Waals surface area contributed by atoms with Crippen LogP contribution in [-0.4, -0.2) is 55.3 Å². The van der Waals surface area contributed by atoms with E-state index in [9.17, 15) is 9.59 Å². The van der Waals surface area contributed by atoms with Crippen molar-refractivity contribution in [3.8, 4) is 11.4 Å². The van der Waals surface area contributed by atoms with Crippen molar-refractivity contribution in [1.82, 2.24) is 9.47 Å². The Hall–Kier alpha value is -3.32. The molecule has 1 aromatic heterocycles. The smallest absolute Gasteiger partial charge is 0.340 e. The number of allylic oxidation sites excluding steroid dienone is 1. The van der Waals surface area contributed by atoms with Crippen LogP contribution in [0.2, 0.25) is 0 Å². The van der Waals surface area contributed by atoms with Crippen LogP contribution < -0.4 is 4.74 Å². The summed E-state index contributed by atoms with van der Waals surface area (Å²) in [5.41, 5.74) is 5.13. The Kier molecular flexibility index (Phi) is 7.76. The van der Waals surface area contributed by atoms with Gasteiger partial charge in [0.2, 0.25) is 0 Å². The number of esters is 1. The molecule has 0 fully saturated rings. The molecular weight excluding hydrogens is 420 g/mol. The van der Waals surface area contributed by atoms with Crippen LogP contribution in [0, 0.1) is 13.8 Å². The molecule has 0 aliphatic carbocycles. The van der Waals surface area contributed by atoms with Gasteiger partial charge in [-0.15, -0.1) is 0 Å². The lowest BCUT2D eigenvalue weighted by molar-refractivity contribution is -0.136. The fourth-order valence-corrected chi connectivity index (χ4v) is 4.21. The van der Waals surface area contributed by atoms with Crippen molar-refractivity contribution in [2.24, 2.45) is 0 Å². The second-order valence-corrected chi connectivity index (χ2v) is 7.90. The van der Waals surface area contributed by atoms with Gasteiger partial charge in [-0.05, 0) is 76.1 Å². The molecule has 0 spiro atoms. The van der Waals surface area contributed by atoms with Crippen LogP contribution in [0.25, 0.3) is 11.8 Å². The highest BCUT2D eigenvalue weighted by Gasteiger charge is 2.36. The topological polar surface area (TPSA) is 70.0 Å². The SMILES string of the molecule is CCOc1ccc(-n2c(C)cc(/C=C3\C(=O)N(CCCOC)C(C)=C3C(=O)OC)c2C)cc1. The second kappa shape index (κ2) is 10.5. The number of methoxy groups -OCH3 is 2. The maximum atomic E-state index is 13.3. The van der Waals surface area contributed by atoms with Gasteiger partial charge >= 0.3 is 5.97 Å². The van der Waals surface area contributed by atoms with E-state index in [1.54, 1.807) is 25.0 Å². The number of nitrogens with zero attached hydrogens (tertiary/aromatic N) is 2. The molecule has 2 aromatic rings. The third-order valence-corrected chi connectivity index (χ3v) is 5.81. The molecule has 0 N–H and O–H groups in total. The molecule has 3 rings (SSSR count). The summed E-state index contributed by atoms with van der Waals surface area (Å²) >= 11 is 0. The normalized spacial score (nSPS) is 15.0. The summed E-state index contributed by atoms with van der Waals surface area (Å²) in [5.74, 6) is 0.107. The first-order chi connectivity index (χ1) is 15.8. The van der Waals surface area contributed by atoms with Gasteiger partial charge in [-0.1, -0.05) is 0 Å². The van der Waals surface area contributed by atoms with E-state index in [0.717, 1.165) is 28.4 Å². The fourth-order valence-electron chi connectivity index (χ4n) is 4.21. The predicted octanol–water partition coefficient (Wildman–Crippen LogP) is 4.20. The lowest BCUT2D eigenvalue weighted by Crippen LogP contribution is -2.26. The summed E-state index contributed by atoms with van der Waals surface area (Å²) in [6.07, 6.45) is 2.47. The summed E-state index contributed by atoms with van der Waals surface area (Å²) in [7, 11) is 2.95. The monoisotopic (exact) mass is 452 g/mol. The van der Waals surface area contributed by atoms with Crippen LogP contribution in [0.4, 0.5) is 0 Å². The van der Waals surface area contributed by atoms with Gasteiger partial charge in [0.25, 0.3) is 5.91 Å². The molecule has 176 valence electrons. The summed E-state index contributed by atoms with van der Waals surface area (Å²) in [4.78, 5) is 27.5. The van der Waals surface area contributed by atoms with Crippen molar-refractivity contribution >= 4 is 18.0 Å². The van der Waals surface area contributed by atoms with Crippen LogP contribution >= 0.6 is 0 Å². The van der Waals surface area contributed by atoms with Crippen LogP contribution in [0.3, 0.4) is 0 Å². The number of benzene rings is 1. The average molecular weight is 453 g/mol. The molecular formula is C26H32N2O5. The van der Waals surface area contributed by atoms with Crippen LogP contribution in [0.15, 0.2) is 47.2 Å². The zero-order valence-electron chi connectivity index (χ0n) is 20.2. The number of carbonyl (C=O) groups excluding carboxylic acids is 2. The van der Waals surface area contributed by atoms with E-state index in [-0.39, 0.29) is 5.91 Å². The molecule has 1 aromatic carbocycles. The van der Waals surface area contributed by atoms with Gasteiger partial charge in [0.1, 0.15) is 5.75 Å². The first-order valence-corrected chi connectivity index (χ1v) is 11.1. The molecule has 0 unspecified atom stereocenters. The molecule has 0 atom stereocenters. The summed E-state index contributed by atoms with van der Waals surface area (Å²) in [6, 6.07) is 9.91. The fraction of sp³-hybridized carbons (Fsp3) is 0.385. The largest absolute Gasteiger partial charge is 0.494 e. The van der Waals surface area contributed by atoms with Gasteiger partial charge in [-0.25, -0.2) is 4.79 Å². The van der Waals surface area contributed by atoms with E-state index in [0.29, 0.717) is 43.0 Å². The van der Waals surface area contributed by atoms with Gasteiger partial charge in [0, 0.05) is 43.0 Å². The minimum atomic E-state index is -0.512. The van der Waals surface area contributed by atoms with E-state index in [2.05, 4.69) is 4.57 Å². The highest BCUT2D eigenvalue weighted by molar-refractivity contribution is 6.16. The number of ether oxygens (including phenoxy) is 3. The molecule has 33 heavy (non-hydrogen) atoms. The molecule has 2 heterocycles. The second-order valence-electron chi connectivity index (χ2n) is 7.90. The Balaban J connectivity index is 2.01. The van der Waals surface area contributed by atoms with E-state index in [1.807, 2.05) is 51.1 Å². The van der Waals surface area contributed by atoms with Crippen molar-refractivity contribution in [2.45, 2.75) is 34.1 Å². The molecule has 7 nitrogen and oxygen atoms in total. The number of carbonyl (C=O) groups is 2. The number of hydrogen-bond acceptors (Lipinski definition) is 5. The van der Waals surface area contributed by atoms with E-state index in [4.69, 9.17) is 14.2 Å². The minimum absolute atomic E-state index is 0.199. The van der Waals surface area contributed by atoms with Gasteiger partial charge in [0.05, 0.1) is 24.9 Å². The maximum Gasteiger partial charge on any atom is 0.340 e. The summed E-state index contributed by atoms with van der Waals surface area (Å²) < 4.78 is 17.8. The van der Waals surface area contributed by atoms with Gasteiger partial charge in [-0.2, -0.15) is 0 Å².